The summed E-state index contributed by atoms with van der Waals surface area (Å²) in [7, 11) is 0. The monoisotopic (exact) mass is 296 g/mol. The van der Waals surface area contributed by atoms with Crippen molar-refractivity contribution in [3.8, 4) is 11.5 Å². The molecular formula is C18H16O4. The van der Waals surface area contributed by atoms with Crippen LogP contribution in [0.5, 0.6) is 11.5 Å². The van der Waals surface area contributed by atoms with Crippen molar-refractivity contribution < 1.29 is 14.3 Å². The molecular weight excluding hydrogens is 280 g/mol. The van der Waals surface area contributed by atoms with Gasteiger partial charge in [-0.3, -0.25) is 4.79 Å². The Morgan fingerprint density at radius 1 is 1.18 bits per heavy atom. The number of phenolic OH excluding ortho intramolecular Hbond substituents is 1. The zero-order chi connectivity index (χ0) is 15.9. The first-order valence-electron chi connectivity index (χ1n) is 6.93. The third-order valence-corrected chi connectivity index (χ3v) is 3.55. The van der Waals surface area contributed by atoms with Gasteiger partial charge in [-0.05, 0) is 44.2 Å². The van der Waals surface area contributed by atoms with Crippen LogP contribution in [-0.2, 0) is 0 Å². The van der Waals surface area contributed by atoms with E-state index in [9.17, 15) is 9.90 Å². The molecule has 0 saturated carbocycles. The maximum absolute atomic E-state index is 12.5. The number of hydrogen-bond acceptors (Lipinski definition) is 4. The molecule has 0 radical (unpaired) electrons. The molecule has 3 aromatic rings. The maximum Gasteiger partial charge on any atom is 0.202 e. The highest BCUT2D eigenvalue weighted by atomic mass is 16.5. The number of aromatic hydroxyl groups is 1. The molecule has 0 amide bonds. The SMILES string of the molecule is C=CC(C)(C)Oc1ccc2c(=O)c3ccccc3oc2c1O. The Labute approximate surface area is 127 Å². The molecule has 1 aromatic heterocycles. The molecule has 2 aromatic carbocycles. The number of para-hydroxylation sites is 1. The van der Waals surface area contributed by atoms with E-state index in [2.05, 4.69) is 6.58 Å². The fraction of sp³-hybridized carbons (Fsp3) is 0.167. The summed E-state index contributed by atoms with van der Waals surface area (Å²) >= 11 is 0. The van der Waals surface area contributed by atoms with Gasteiger partial charge in [0.15, 0.2) is 11.3 Å². The number of phenols is 1. The molecule has 3 rings (SSSR count). The number of rotatable bonds is 3. The van der Waals surface area contributed by atoms with Crippen LogP contribution in [0.15, 0.2) is 58.3 Å². The molecule has 0 saturated heterocycles. The molecule has 0 spiro atoms. The summed E-state index contributed by atoms with van der Waals surface area (Å²) in [4.78, 5) is 12.5. The number of ether oxygens (including phenoxy) is 1. The lowest BCUT2D eigenvalue weighted by Gasteiger charge is -2.23. The number of benzene rings is 2. The largest absolute Gasteiger partial charge is 0.502 e. The highest BCUT2D eigenvalue weighted by Crippen LogP contribution is 2.36. The van der Waals surface area contributed by atoms with Gasteiger partial charge in [-0.1, -0.05) is 18.7 Å². The Balaban J connectivity index is 2.29. The van der Waals surface area contributed by atoms with Crippen molar-refractivity contribution in [3.05, 3.63) is 59.3 Å². The summed E-state index contributed by atoms with van der Waals surface area (Å²) < 4.78 is 11.4. The van der Waals surface area contributed by atoms with Gasteiger partial charge in [-0.15, -0.1) is 0 Å². The summed E-state index contributed by atoms with van der Waals surface area (Å²) in [6.45, 7) is 7.33. The van der Waals surface area contributed by atoms with Gasteiger partial charge >= 0.3 is 0 Å². The first-order chi connectivity index (χ1) is 10.4. The highest BCUT2D eigenvalue weighted by Gasteiger charge is 2.20. The van der Waals surface area contributed by atoms with Gasteiger partial charge in [-0.2, -0.15) is 0 Å². The van der Waals surface area contributed by atoms with Gasteiger partial charge in [0.1, 0.15) is 11.2 Å². The van der Waals surface area contributed by atoms with Crippen molar-refractivity contribution in [2.45, 2.75) is 19.4 Å². The molecule has 0 aliphatic heterocycles. The van der Waals surface area contributed by atoms with Crippen molar-refractivity contribution in [1.29, 1.82) is 0 Å². The van der Waals surface area contributed by atoms with E-state index in [1.54, 1.807) is 42.5 Å². The summed E-state index contributed by atoms with van der Waals surface area (Å²) in [5.74, 6) is 0.0612. The highest BCUT2D eigenvalue weighted by molar-refractivity contribution is 5.93. The third-order valence-electron chi connectivity index (χ3n) is 3.55. The minimum atomic E-state index is -0.650. The molecule has 22 heavy (non-hydrogen) atoms. The van der Waals surface area contributed by atoms with Gasteiger partial charge in [0.2, 0.25) is 11.2 Å². The minimum absolute atomic E-state index is 0.126. The van der Waals surface area contributed by atoms with Crippen LogP contribution in [0.4, 0.5) is 0 Å². The van der Waals surface area contributed by atoms with Crippen molar-refractivity contribution in [2.24, 2.45) is 0 Å². The molecule has 0 bridgehead atoms. The van der Waals surface area contributed by atoms with E-state index in [1.165, 1.54) is 0 Å². The fourth-order valence-electron chi connectivity index (χ4n) is 2.24. The van der Waals surface area contributed by atoms with E-state index in [1.807, 2.05) is 13.8 Å². The summed E-state index contributed by atoms with van der Waals surface area (Å²) in [6.07, 6.45) is 1.63. The predicted molar refractivity (Wildman–Crippen MR) is 86.6 cm³/mol. The van der Waals surface area contributed by atoms with E-state index in [0.29, 0.717) is 16.4 Å². The molecule has 4 heteroatoms. The third kappa shape index (κ3) is 2.22. The quantitative estimate of drug-likeness (QED) is 0.586. The summed E-state index contributed by atoms with van der Waals surface area (Å²) in [5, 5.41) is 11.2. The van der Waals surface area contributed by atoms with E-state index in [-0.39, 0.29) is 22.5 Å². The van der Waals surface area contributed by atoms with Crippen molar-refractivity contribution in [3.63, 3.8) is 0 Å². The Morgan fingerprint density at radius 3 is 2.64 bits per heavy atom. The molecule has 0 atom stereocenters. The first-order valence-corrected chi connectivity index (χ1v) is 6.93. The second-order valence-electron chi connectivity index (χ2n) is 5.63. The maximum atomic E-state index is 12.5. The molecule has 0 aliphatic carbocycles. The van der Waals surface area contributed by atoms with Gasteiger partial charge in [0.05, 0.1) is 10.8 Å². The standard InChI is InChI=1S/C18H16O4/c1-4-18(2,3)22-14-10-9-12-15(19)11-7-5-6-8-13(11)21-17(12)16(14)20/h4-10,20H,1H2,2-3H3. The second-order valence-corrected chi connectivity index (χ2v) is 5.63. The second kappa shape index (κ2) is 4.91. The molecule has 0 fully saturated rings. The number of hydrogen-bond donors (Lipinski definition) is 1. The predicted octanol–water partition coefficient (Wildman–Crippen LogP) is 4.00. The van der Waals surface area contributed by atoms with Crippen molar-refractivity contribution >= 4 is 21.9 Å². The lowest BCUT2D eigenvalue weighted by atomic mass is 10.1. The topological polar surface area (TPSA) is 59.7 Å². The Morgan fingerprint density at radius 2 is 1.91 bits per heavy atom. The number of fused-ring (bicyclic) bond motifs is 2. The minimum Gasteiger partial charge on any atom is -0.502 e. The molecule has 0 aliphatic rings. The van der Waals surface area contributed by atoms with Crippen molar-refractivity contribution in [2.75, 3.05) is 0 Å². The van der Waals surface area contributed by atoms with E-state index in [4.69, 9.17) is 9.15 Å². The van der Waals surface area contributed by atoms with Crippen LogP contribution >= 0.6 is 0 Å². The Hall–Kier alpha value is -2.75. The Kier molecular flexibility index (Phi) is 3.17. The van der Waals surface area contributed by atoms with Crippen LogP contribution in [-0.4, -0.2) is 10.7 Å². The Bertz CT molecular complexity index is 935. The smallest absolute Gasteiger partial charge is 0.202 e. The normalized spacial score (nSPS) is 11.7. The first kappa shape index (κ1) is 14.2. The fourth-order valence-corrected chi connectivity index (χ4v) is 2.24. The lowest BCUT2D eigenvalue weighted by molar-refractivity contribution is 0.156. The summed E-state index contributed by atoms with van der Waals surface area (Å²) in [6, 6.07) is 10.1. The van der Waals surface area contributed by atoms with Gasteiger partial charge in [-0.25, -0.2) is 0 Å². The van der Waals surface area contributed by atoms with Crippen LogP contribution < -0.4 is 10.2 Å². The molecule has 4 nitrogen and oxygen atoms in total. The molecule has 1 N–H and O–H groups in total. The van der Waals surface area contributed by atoms with E-state index >= 15 is 0 Å². The average molecular weight is 296 g/mol. The zero-order valence-corrected chi connectivity index (χ0v) is 12.4. The van der Waals surface area contributed by atoms with Crippen LogP contribution in [0.1, 0.15) is 13.8 Å². The summed E-state index contributed by atoms with van der Waals surface area (Å²) in [5.41, 5.74) is -0.277. The average Bonchev–Trinajstić information content (AvgIpc) is 2.51. The molecule has 112 valence electrons. The van der Waals surface area contributed by atoms with Crippen LogP contribution in [0.2, 0.25) is 0 Å². The zero-order valence-electron chi connectivity index (χ0n) is 12.4. The van der Waals surface area contributed by atoms with Gasteiger partial charge < -0.3 is 14.3 Å². The van der Waals surface area contributed by atoms with Crippen molar-refractivity contribution in [1.82, 2.24) is 0 Å². The molecule has 0 unspecified atom stereocenters. The van der Waals surface area contributed by atoms with Crippen LogP contribution in [0.25, 0.3) is 21.9 Å². The van der Waals surface area contributed by atoms with Crippen LogP contribution in [0.3, 0.4) is 0 Å². The lowest BCUT2D eigenvalue weighted by Crippen LogP contribution is -2.24. The van der Waals surface area contributed by atoms with Crippen LogP contribution in [0, 0.1) is 0 Å². The van der Waals surface area contributed by atoms with Gasteiger partial charge in [0, 0.05) is 0 Å². The van der Waals surface area contributed by atoms with Gasteiger partial charge in [0.25, 0.3) is 0 Å². The van der Waals surface area contributed by atoms with E-state index < -0.39 is 5.60 Å². The van der Waals surface area contributed by atoms with E-state index in [0.717, 1.165) is 0 Å². The molecule has 1 heterocycles.